The van der Waals surface area contributed by atoms with Crippen molar-refractivity contribution in [1.29, 1.82) is 0 Å². The Morgan fingerprint density at radius 1 is 1.21 bits per heavy atom. The first-order valence-corrected chi connectivity index (χ1v) is 8.74. The van der Waals surface area contributed by atoms with Gasteiger partial charge in [-0.3, -0.25) is 4.57 Å². The molecule has 6 nitrogen and oxygen atoms in total. The van der Waals surface area contributed by atoms with Gasteiger partial charge in [-0.15, -0.1) is 0 Å². The number of aromatic nitrogens is 2. The van der Waals surface area contributed by atoms with Crippen LogP contribution in [0.4, 0.5) is 4.39 Å². The molecular formula is C16H14FN2O4P. The molecule has 3 rings (SSSR count). The third-order valence-corrected chi connectivity index (χ3v) is 6.13. The molecule has 0 radical (unpaired) electrons. The first-order valence-electron chi connectivity index (χ1n) is 7.08. The highest BCUT2D eigenvalue weighted by molar-refractivity contribution is 7.68. The third-order valence-electron chi connectivity index (χ3n) is 3.82. The monoisotopic (exact) mass is 348 g/mol. The molecule has 124 valence electrons. The van der Waals surface area contributed by atoms with E-state index in [2.05, 4.69) is 4.98 Å². The lowest BCUT2D eigenvalue weighted by atomic mass is 10.2. The molecule has 0 aliphatic heterocycles. The van der Waals surface area contributed by atoms with Crippen molar-refractivity contribution in [3.05, 3.63) is 66.6 Å². The number of nitrogens with zero attached hydrogens (tertiary/aromatic N) is 2. The summed E-state index contributed by atoms with van der Waals surface area (Å²) in [7, 11) is -4.85. The van der Waals surface area contributed by atoms with Crippen LogP contribution in [-0.4, -0.2) is 30.8 Å². The Bertz CT molecular complexity index is 943. The largest absolute Gasteiger partial charge is 0.478 e. The number of fused-ring (bicyclic) bond motifs is 1. The number of hydrogen-bond donors (Lipinski definition) is 2. The van der Waals surface area contributed by atoms with E-state index in [-0.39, 0.29) is 11.0 Å². The van der Waals surface area contributed by atoms with Crippen LogP contribution in [0.3, 0.4) is 0 Å². The Kier molecular flexibility index (Phi) is 3.99. The van der Waals surface area contributed by atoms with Crippen LogP contribution >= 0.6 is 7.37 Å². The van der Waals surface area contributed by atoms with E-state index in [0.29, 0.717) is 5.65 Å². The first kappa shape index (κ1) is 16.4. The summed E-state index contributed by atoms with van der Waals surface area (Å²) in [4.78, 5) is 25.9. The van der Waals surface area contributed by atoms with Crippen molar-refractivity contribution in [2.75, 3.05) is 0 Å². The summed E-state index contributed by atoms with van der Waals surface area (Å²) in [5, 5.41) is 5.76. The number of hydrogen-bond acceptors (Lipinski definition) is 3. The van der Waals surface area contributed by atoms with Crippen molar-refractivity contribution < 1.29 is 23.7 Å². The Hall–Kier alpha value is -2.50. The van der Waals surface area contributed by atoms with Gasteiger partial charge in [0.25, 0.3) is 12.8 Å². The molecule has 2 unspecified atom stereocenters. The van der Waals surface area contributed by atoms with Gasteiger partial charge in [-0.2, -0.15) is 0 Å². The fraction of sp³-hybridized carbons (Fsp3) is 0.125. The van der Waals surface area contributed by atoms with Gasteiger partial charge in [-0.25, -0.2) is 14.2 Å². The first-order chi connectivity index (χ1) is 11.4. The third kappa shape index (κ3) is 2.52. The molecule has 8 heteroatoms. The molecule has 3 aromatic rings. The van der Waals surface area contributed by atoms with Gasteiger partial charge in [0, 0.05) is 29.8 Å². The van der Waals surface area contributed by atoms with Crippen LogP contribution in [-0.2, 0) is 15.8 Å². The number of carboxylic acid groups (broad SMARTS) is 1. The molecule has 0 saturated heterocycles. The molecule has 2 heterocycles. The van der Waals surface area contributed by atoms with Crippen molar-refractivity contribution in [3.8, 4) is 0 Å². The Labute approximate surface area is 136 Å². The average Bonchev–Trinajstić information content (AvgIpc) is 2.98. The summed E-state index contributed by atoms with van der Waals surface area (Å²) >= 11 is 0. The molecule has 2 aromatic heterocycles. The maximum Gasteiger partial charge on any atom is 0.352 e. The lowest BCUT2D eigenvalue weighted by Gasteiger charge is -2.26. The van der Waals surface area contributed by atoms with Crippen molar-refractivity contribution in [1.82, 2.24) is 9.38 Å². The molecule has 0 amide bonds. The molecular weight excluding hydrogens is 334 g/mol. The standard InChI is InChI=1S/C16H14FN2O4P/c17-16(15(20)21,24(22,23)13-6-2-1-3-7-13)10-12-11-18-14-8-4-5-9-19(12)14/h1-9,11H,10H2,(H,20,21)(H,22,23). The number of halogens is 1. The normalized spacial score (nSPS) is 16.4. The smallest absolute Gasteiger partial charge is 0.352 e. The zero-order chi connectivity index (χ0) is 17.4. The summed E-state index contributed by atoms with van der Waals surface area (Å²) in [5.41, 5.74) is 0.688. The fourth-order valence-electron chi connectivity index (χ4n) is 2.50. The summed E-state index contributed by atoms with van der Waals surface area (Å²) < 4.78 is 29.5. The zero-order valence-corrected chi connectivity index (χ0v) is 13.3. The van der Waals surface area contributed by atoms with E-state index in [0.717, 1.165) is 0 Å². The summed E-state index contributed by atoms with van der Waals surface area (Å²) in [6.45, 7) is 0. The number of carboxylic acids is 1. The number of alkyl halides is 1. The number of imidazole rings is 1. The van der Waals surface area contributed by atoms with Gasteiger partial charge in [-0.05, 0) is 24.3 Å². The van der Waals surface area contributed by atoms with Crippen molar-refractivity contribution in [2.45, 2.75) is 11.8 Å². The van der Waals surface area contributed by atoms with Gasteiger partial charge >= 0.3 is 5.97 Å². The van der Waals surface area contributed by atoms with Crippen LogP contribution < -0.4 is 5.30 Å². The molecule has 0 spiro atoms. The maximum atomic E-state index is 15.3. The van der Waals surface area contributed by atoms with E-state index >= 15 is 4.39 Å². The maximum absolute atomic E-state index is 15.3. The number of benzene rings is 1. The number of pyridine rings is 1. The number of carbonyl (C=O) groups is 1. The van der Waals surface area contributed by atoms with Crippen LogP contribution in [0.25, 0.3) is 5.65 Å². The average molecular weight is 348 g/mol. The van der Waals surface area contributed by atoms with Crippen molar-refractivity contribution in [2.24, 2.45) is 0 Å². The SMILES string of the molecule is O=C(O)C(F)(Cc1cnc2ccccn12)P(=O)(O)c1ccccc1. The van der Waals surface area contributed by atoms with E-state index in [9.17, 15) is 19.4 Å². The molecule has 0 aliphatic carbocycles. The molecule has 0 fully saturated rings. The Morgan fingerprint density at radius 2 is 1.88 bits per heavy atom. The van der Waals surface area contributed by atoms with Gasteiger partial charge < -0.3 is 14.4 Å². The Morgan fingerprint density at radius 3 is 2.54 bits per heavy atom. The molecule has 0 bridgehead atoms. The van der Waals surface area contributed by atoms with E-state index < -0.39 is 25.2 Å². The lowest BCUT2D eigenvalue weighted by Crippen LogP contribution is -2.39. The second kappa shape index (κ2) is 5.85. The van der Waals surface area contributed by atoms with Gasteiger partial charge in [0.1, 0.15) is 5.65 Å². The van der Waals surface area contributed by atoms with Crippen LogP contribution in [0.1, 0.15) is 5.69 Å². The molecule has 1 aromatic carbocycles. The second-order valence-corrected chi connectivity index (χ2v) is 7.71. The topological polar surface area (TPSA) is 91.9 Å². The van der Waals surface area contributed by atoms with Gasteiger partial charge in [0.05, 0.1) is 0 Å². The summed E-state index contributed by atoms with van der Waals surface area (Å²) in [6, 6.07) is 12.1. The predicted octanol–water partition coefficient (Wildman–Crippen LogP) is 2.22. The summed E-state index contributed by atoms with van der Waals surface area (Å²) in [5.74, 6) is -1.98. The fourth-order valence-corrected chi connectivity index (χ4v) is 4.12. The lowest BCUT2D eigenvalue weighted by molar-refractivity contribution is -0.145. The van der Waals surface area contributed by atoms with Gasteiger partial charge in [0.15, 0.2) is 0 Å². The number of rotatable bonds is 5. The highest BCUT2D eigenvalue weighted by Crippen LogP contribution is 2.56. The molecule has 2 atom stereocenters. The zero-order valence-electron chi connectivity index (χ0n) is 12.4. The van der Waals surface area contributed by atoms with Gasteiger partial charge in [-0.1, -0.05) is 24.3 Å². The van der Waals surface area contributed by atoms with E-state index in [1.54, 1.807) is 30.5 Å². The second-order valence-electron chi connectivity index (χ2n) is 5.33. The van der Waals surface area contributed by atoms with Gasteiger partial charge in [0.2, 0.25) is 0 Å². The number of aliphatic carboxylic acids is 1. The minimum Gasteiger partial charge on any atom is -0.478 e. The molecule has 2 N–H and O–H groups in total. The van der Waals surface area contributed by atoms with E-state index in [1.165, 1.54) is 34.9 Å². The minimum absolute atomic E-state index is 0.195. The molecule has 0 saturated carbocycles. The van der Waals surface area contributed by atoms with Crippen LogP contribution in [0, 0.1) is 0 Å². The van der Waals surface area contributed by atoms with E-state index in [1.807, 2.05) is 0 Å². The Balaban J connectivity index is 2.09. The van der Waals surface area contributed by atoms with Crippen LogP contribution in [0.5, 0.6) is 0 Å². The van der Waals surface area contributed by atoms with Crippen molar-refractivity contribution >= 4 is 24.3 Å². The van der Waals surface area contributed by atoms with Crippen molar-refractivity contribution in [3.63, 3.8) is 0 Å². The highest BCUT2D eigenvalue weighted by Gasteiger charge is 2.56. The predicted molar refractivity (Wildman–Crippen MR) is 86.3 cm³/mol. The van der Waals surface area contributed by atoms with Crippen LogP contribution in [0.2, 0.25) is 0 Å². The molecule has 24 heavy (non-hydrogen) atoms. The van der Waals surface area contributed by atoms with Crippen LogP contribution in [0.15, 0.2) is 60.9 Å². The van der Waals surface area contributed by atoms with E-state index in [4.69, 9.17) is 0 Å². The quantitative estimate of drug-likeness (QED) is 0.690. The minimum atomic E-state index is -4.85. The highest BCUT2D eigenvalue weighted by atomic mass is 31.2. The molecule has 0 aliphatic rings. The summed E-state index contributed by atoms with van der Waals surface area (Å²) in [6.07, 6.45) is 2.11.